The SMILES string of the molecule is CSc1c(Br)cc(C(=O)CCN)cc1S(C)(=O)=O. The molecule has 0 saturated heterocycles. The Kier molecular flexibility index (Phi) is 5.39. The monoisotopic (exact) mass is 351 g/mol. The van der Waals surface area contributed by atoms with E-state index in [1.165, 1.54) is 17.8 Å². The molecule has 0 aliphatic heterocycles. The van der Waals surface area contributed by atoms with Crippen molar-refractivity contribution in [3.05, 3.63) is 22.2 Å². The molecule has 0 amide bonds. The third-order valence-corrected chi connectivity index (χ3v) is 5.29. The molecule has 0 fully saturated rings. The molecule has 0 spiro atoms. The van der Waals surface area contributed by atoms with Gasteiger partial charge in [-0.1, -0.05) is 0 Å². The van der Waals surface area contributed by atoms with Gasteiger partial charge in [0, 0.05) is 27.6 Å². The molecule has 0 aromatic heterocycles. The predicted molar refractivity (Wildman–Crippen MR) is 77.0 cm³/mol. The number of thioether (sulfide) groups is 1. The molecule has 0 aliphatic carbocycles. The van der Waals surface area contributed by atoms with Crippen molar-refractivity contribution < 1.29 is 13.2 Å². The van der Waals surface area contributed by atoms with Gasteiger partial charge in [0.25, 0.3) is 0 Å². The molecular weight excluding hydrogens is 338 g/mol. The molecule has 0 aliphatic rings. The first-order chi connectivity index (χ1) is 8.31. The van der Waals surface area contributed by atoms with E-state index < -0.39 is 9.84 Å². The summed E-state index contributed by atoms with van der Waals surface area (Å²) in [7, 11) is -3.37. The smallest absolute Gasteiger partial charge is 0.176 e. The fourth-order valence-electron chi connectivity index (χ4n) is 1.48. The van der Waals surface area contributed by atoms with Crippen LogP contribution in [0.25, 0.3) is 0 Å². The van der Waals surface area contributed by atoms with E-state index in [0.29, 0.717) is 14.9 Å². The van der Waals surface area contributed by atoms with Gasteiger partial charge in [0.05, 0.1) is 4.90 Å². The molecule has 0 bridgehead atoms. The Morgan fingerprint density at radius 3 is 2.50 bits per heavy atom. The van der Waals surface area contributed by atoms with Crippen LogP contribution in [0.15, 0.2) is 26.4 Å². The molecule has 0 unspecified atom stereocenters. The summed E-state index contributed by atoms with van der Waals surface area (Å²) < 4.78 is 24.1. The molecular formula is C11H14BrNO3S2. The van der Waals surface area contributed by atoms with Gasteiger partial charge in [0.2, 0.25) is 0 Å². The maximum absolute atomic E-state index is 11.8. The maximum Gasteiger partial charge on any atom is 0.176 e. The number of nitrogens with two attached hydrogens (primary N) is 1. The number of benzene rings is 1. The second-order valence-electron chi connectivity index (χ2n) is 3.72. The van der Waals surface area contributed by atoms with E-state index in [9.17, 15) is 13.2 Å². The van der Waals surface area contributed by atoms with Crippen LogP contribution < -0.4 is 5.73 Å². The average Bonchev–Trinajstić information content (AvgIpc) is 2.27. The molecule has 0 atom stereocenters. The first kappa shape index (κ1) is 15.7. The minimum absolute atomic E-state index is 0.157. The van der Waals surface area contributed by atoms with E-state index >= 15 is 0 Å². The second-order valence-corrected chi connectivity index (χ2v) is 7.38. The largest absolute Gasteiger partial charge is 0.330 e. The van der Waals surface area contributed by atoms with Crippen molar-refractivity contribution in [3.63, 3.8) is 0 Å². The van der Waals surface area contributed by atoms with E-state index in [4.69, 9.17) is 5.73 Å². The van der Waals surface area contributed by atoms with E-state index in [0.717, 1.165) is 6.26 Å². The van der Waals surface area contributed by atoms with E-state index in [-0.39, 0.29) is 23.6 Å². The number of hydrogen-bond acceptors (Lipinski definition) is 5. The minimum Gasteiger partial charge on any atom is -0.330 e. The molecule has 7 heteroatoms. The van der Waals surface area contributed by atoms with Crippen LogP contribution >= 0.6 is 27.7 Å². The summed E-state index contributed by atoms with van der Waals surface area (Å²) in [6.07, 6.45) is 3.12. The molecule has 1 rings (SSSR count). The Hall–Kier alpha value is -0.370. The quantitative estimate of drug-likeness (QED) is 0.649. The zero-order chi connectivity index (χ0) is 13.9. The Balaban J connectivity index is 3.45. The topological polar surface area (TPSA) is 77.2 Å². The number of carbonyl (C=O) groups is 1. The lowest BCUT2D eigenvalue weighted by atomic mass is 10.1. The van der Waals surface area contributed by atoms with Crippen LogP contribution in [0, 0.1) is 0 Å². The van der Waals surface area contributed by atoms with Gasteiger partial charge in [-0.3, -0.25) is 4.79 Å². The highest BCUT2D eigenvalue weighted by atomic mass is 79.9. The van der Waals surface area contributed by atoms with Gasteiger partial charge in [-0.15, -0.1) is 11.8 Å². The third kappa shape index (κ3) is 3.57. The fraction of sp³-hybridized carbons (Fsp3) is 0.364. The van der Waals surface area contributed by atoms with E-state index in [1.807, 2.05) is 0 Å². The highest BCUT2D eigenvalue weighted by molar-refractivity contribution is 9.10. The Labute approximate surface area is 119 Å². The van der Waals surface area contributed by atoms with Crippen LogP contribution in [0.3, 0.4) is 0 Å². The fourth-order valence-corrected chi connectivity index (χ4v) is 4.56. The molecule has 0 saturated carbocycles. The van der Waals surface area contributed by atoms with Crippen molar-refractivity contribution in [2.24, 2.45) is 5.73 Å². The lowest BCUT2D eigenvalue weighted by Gasteiger charge is -2.10. The zero-order valence-electron chi connectivity index (χ0n) is 10.1. The normalized spacial score (nSPS) is 11.6. The van der Waals surface area contributed by atoms with E-state index in [1.54, 1.807) is 12.3 Å². The number of hydrogen-bond donors (Lipinski definition) is 1. The first-order valence-electron chi connectivity index (χ1n) is 5.12. The summed E-state index contributed by atoms with van der Waals surface area (Å²) in [5.74, 6) is -0.157. The molecule has 18 heavy (non-hydrogen) atoms. The molecule has 0 heterocycles. The van der Waals surface area contributed by atoms with Crippen LogP contribution in [-0.4, -0.2) is 33.3 Å². The molecule has 4 nitrogen and oxygen atoms in total. The maximum atomic E-state index is 11.8. The number of Topliss-reactive ketones (excluding diaryl/α,β-unsaturated/α-hetero) is 1. The summed E-state index contributed by atoms with van der Waals surface area (Å²) in [5, 5.41) is 0. The van der Waals surface area contributed by atoms with Gasteiger partial charge in [0.15, 0.2) is 15.6 Å². The predicted octanol–water partition coefficient (Wildman–Crippen LogP) is 2.11. The van der Waals surface area contributed by atoms with Gasteiger partial charge < -0.3 is 5.73 Å². The number of ketones is 1. The van der Waals surface area contributed by atoms with Crippen LogP contribution in [0.1, 0.15) is 16.8 Å². The Morgan fingerprint density at radius 1 is 1.44 bits per heavy atom. The van der Waals surface area contributed by atoms with Crippen LogP contribution in [0.2, 0.25) is 0 Å². The summed E-state index contributed by atoms with van der Waals surface area (Å²) in [6.45, 7) is 0.245. The van der Waals surface area contributed by atoms with Crippen LogP contribution in [-0.2, 0) is 9.84 Å². The zero-order valence-corrected chi connectivity index (χ0v) is 13.3. The Bertz CT molecular complexity index is 570. The summed E-state index contributed by atoms with van der Waals surface area (Å²) in [4.78, 5) is 12.6. The number of rotatable bonds is 5. The van der Waals surface area contributed by atoms with Gasteiger partial charge in [-0.05, 0) is 40.9 Å². The number of carbonyl (C=O) groups excluding carboxylic acids is 1. The standard InChI is InChI=1S/C11H14BrNO3S2/c1-17-11-8(12)5-7(9(14)3-4-13)6-10(11)18(2,15)16/h5-6H,3-4,13H2,1-2H3. The highest BCUT2D eigenvalue weighted by Gasteiger charge is 2.19. The lowest BCUT2D eigenvalue weighted by molar-refractivity contribution is 0.0985. The van der Waals surface area contributed by atoms with E-state index in [2.05, 4.69) is 15.9 Å². The van der Waals surface area contributed by atoms with Crippen molar-refractivity contribution in [2.45, 2.75) is 16.2 Å². The first-order valence-corrected chi connectivity index (χ1v) is 9.03. The van der Waals surface area contributed by atoms with Crippen LogP contribution in [0.5, 0.6) is 0 Å². The molecule has 0 radical (unpaired) electrons. The molecule has 1 aromatic carbocycles. The van der Waals surface area contributed by atoms with Crippen molar-refractivity contribution in [2.75, 3.05) is 19.1 Å². The van der Waals surface area contributed by atoms with Gasteiger partial charge in [-0.25, -0.2) is 8.42 Å². The lowest BCUT2D eigenvalue weighted by Crippen LogP contribution is -2.10. The molecule has 100 valence electrons. The number of halogens is 1. The van der Waals surface area contributed by atoms with Crippen molar-refractivity contribution in [1.29, 1.82) is 0 Å². The highest BCUT2D eigenvalue weighted by Crippen LogP contribution is 2.34. The van der Waals surface area contributed by atoms with Gasteiger partial charge in [0.1, 0.15) is 0 Å². The van der Waals surface area contributed by atoms with Crippen LogP contribution in [0.4, 0.5) is 0 Å². The third-order valence-electron chi connectivity index (χ3n) is 2.31. The summed E-state index contributed by atoms with van der Waals surface area (Å²) >= 11 is 4.62. The van der Waals surface area contributed by atoms with Gasteiger partial charge >= 0.3 is 0 Å². The van der Waals surface area contributed by atoms with Gasteiger partial charge in [-0.2, -0.15) is 0 Å². The minimum atomic E-state index is -3.37. The Morgan fingerprint density at radius 2 is 2.06 bits per heavy atom. The van der Waals surface area contributed by atoms with Crippen molar-refractivity contribution >= 4 is 43.3 Å². The molecule has 2 N–H and O–H groups in total. The molecule has 1 aromatic rings. The second kappa shape index (κ2) is 6.18. The summed E-state index contributed by atoms with van der Waals surface area (Å²) in [5.41, 5.74) is 5.70. The van der Waals surface area contributed by atoms with Crippen molar-refractivity contribution in [3.8, 4) is 0 Å². The number of sulfone groups is 1. The van der Waals surface area contributed by atoms with Crippen molar-refractivity contribution in [1.82, 2.24) is 0 Å². The average molecular weight is 352 g/mol. The summed E-state index contributed by atoms with van der Waals surface area (Å²) in [6, 6.07) is 3.06.